The van der Waals surface area contributed by atoms with Crippen LogP contribution in [0.1, 0.15) is 108 Å². The van der Waals surface area contributed by atoms with Crippen LogP contribution >= 0.6 is 0 Å². The Kier molecular flexibility index (Phi) is 14.5. The Morgan fingerprint density at radius 3 is 2.49 bits per heavy atom. The highest BCUT2D eigenvalue weighted by Crippen LogP contribution is 2.48. The highest BCUT2D eigenvalue weighted by atomic mass is 16.5. The van der Waals surface area contributed by atoms with Crippen molar-refractivity contribution in [2.24, 2.45) is 10.9 Å². The van der Waals surface area contributed by atoms with Crippen LogP contribution in [-0.4, -0.2) is 103 Å². The van der Waals surface area contributed by atoms with Crippen LogP contribution in [0, 0.1) is 5.92 Å². The van der Waals surface area contributed by atoms with Gasteiger partial charge in [-0.05, 0) is 59.7 Å². The number of hydrogen-bond acceptors (Lipinski definition) is 10. The van der Waals surface area contributed by atoms with Crippen LogP contribution in [0.2, 0.25) is 0 Å². The maximum atomic E-state index is 13.6. The third-order valence-electron chi connectivity index (χ3n) is 11.3. The molecule has 15 nitrogen and oxygen atoms in total. The number of ether oxygens (including phenoxy) is 3. The lowest BCUT2D eigenvalue weighted by molar-refractivity contribution is -0.134. The molecule has 4 heterocycles. The number of imidazole rings is 1. The van der Waals surface area contributed by atoms with Crippen LogP contribution < -0.4 is 20.7 Å². The molecular weight excluding hydrogens is 777 g/mol. The van der Waals surface area contributed by atoms with E-state index in [4.69, 9.17) is 14.5 Å². The van der Waals surface area contributed by atoms with Gasteiger partial charge in [0.1, 0.15) is 35.7 Å². The van der Waals surface area contributed by atoms with Crippen LogP contribution in [0.25, 0.3) is 22.0 Å². The molecule has 3 unspecified atom stereocenters. The smallest absolute Gasteiger partial charge is 0.407 e. The summed E-state index contributed by atoms with van der Waals surface area (Å²) in [5.74, 6) is 2.65. The molecule has 0 bridgehead atoms. The summed E-state index contributed by atoms with van der Waals surface area (Å²) in [6.07, 6.45) is 4.16. The number of hydrogen-bond donors (Lipinski definition) is 4. The molecule has 0 saturated carbocycles. The second kappa shape index (κ2) is 20.0. The number of aromatic nitrogens is 2. The lowest BCUT2D eigenvalue weighted by atomic mass is 9.85. The minimum absolute atomic E-state index is 0.0419. The summed E-state index contributed by atoms with van der Waals surface area (Å²) in [6, 6.07) is 15.9. The van der Waals surface area contributed by atoms with Gasteiger partial charge in [-0.1, -0.05) is 78.3 Å². The summed E-state index contributed by atoms with van der Waals surface area (Å²) in [6.45, 7) is 14.1. The molecule has 0 aliphatic carbocycles. The van der Waals surface area contributed by atoms with Gasteiger partial charge in [-0.2, -0.15) is 0 Å². The summed E-state index contributed by atoms with van der Waals surface area (Å²) in [4.78, 5) is 66.3. The van der Waals surface area contributed by atoms with Gasteiger partial charge in [0.15, 0.2) is 0 Å². The topological polar surface area (TPSA) is 180 Å². The molecule has 3 aromatic carbocycles. The van der Waals surface area contributed by atoms with Crippen molar-refractivity contribution in [3.8, 4) is 22.8 Å². The average Bonchev–Trinajstić information content (AvgIpc) is 4.06. The van der Waals surface area contributed by atoms with E-state index >= 15 is 0 Å². The van der Waals surface area contributed by atoms with E-state index in [2.05, 4.69) is 87.8 Å². The van der Waals surface area contributed by atoms with Gasteiger partial charge in [0, 0.05) is 35.7 Å². The Labute approximate surface area is 358 Å². The first kappa shape index (κ1) is 44.4. The van der Waals surface area contributed by atoms with E-state index in [-0.39, 0.29) is 42.3 Å². The van der Waals surface area contributed by atoms with Crippen LogP contribution in [-0.2, 0) is 19.1 Å². The highest BCUT2D eigenvalue weighted by molar-refractivity contribution is 5.94. The molecule has 1 aromatic heterocycles. The predicted molar refractivity (Wildman–Crippen MR) is 235 cm³/mol. The third kappa shape index (κ3) is 9.92. The average molecular weight is 837 g/mol. The van der Waals surface area contributed by atoms with E-state index in [0.717, 1.165) is 75.3 Å². The third-order valence-corrected chi connectivity index (χ3v) is 11.3. The van der Waals surface area contributed by atoms with Crippen molar-refractivity contribution < 1.29 is 33.4 Å². The SMILES string of the molecule is CCC.CCCN(CC1=NCC(c2ccc3c4c(ccc3c2)Oc2cc(-c3cnc([C@@H]5CCCN5C(=O)CNC(=O)OC)[nH]3)ccc2C4C)N1)C(=O)C(NC(=O)OC)C(C)C. The van der Waals surface area contributed by atoms with Crippen LogP contribution in [0.5, 0.6) is 11.5 Å². The predicted octanol–water partition coefficient (Wildman–Crippen LogP) is 7.59. The Morgan fingerprint density at radius 2 is 1.77 bits per heavy atom. The standard InChI is InChI=1S/C43H52N8O7.C3H8/c1-7-16-50(41(53)39(24(2)3)49-43(55)57-6)23-36-44-20-31(47-36)27-11-14-30-26(18-27)12-15-34-38(30)25(4)29-13-10-28(19-35(29)58-34)32-21-45-40(48-32)33-9-8-17-51(33)37(52)22-46-42(54)56-5;1-3-2/h10-15,18-19,21,24-25,31,33,39H,7-9,16-17,20,22-23H2,1-6H3,(H,44,47)(H,45,48)(H,46,54)(H,49,55);3H2,1-2H3/t25?,31?,33-,39?;/m0./s1. The maximum Gasteiger partial charge on any atom is 0.407 e. The largest absolute Gasteiger partial charge is 0.457 e. The molecule has 326 valence electrons. The molecular formula is C46H60N8O7. The number of alkyl carbamates (subject to hydrolysis) is 2. The minimum Gasteiger partial charge on any atom is -0.457 e. The van der Waals surface area contributed by atoms with Crippen LogP contribution in [0.15, 0.2) is 59.7 Å². The number of rotatable bonds is 12. The van der Waals surface area contributed by atoms with E-state index in [1.165, 1.54) is 20.6 Å². The number of amides is 4. The maximum absolute atomic E-state index is 13.6. The summed E-state index contributed by atoms with van der Waals surface area (Å²) in [5, 5.41) is 10.9. The summed E-state index contributed by atoms with van der Waals surface area (Å²) >= 11 is 0. The zero-order chi connectivity index (χ0) is 43.8. The number of methoxy groups -OCH3 is 2. The molecule has 3 aliphatic rings. The zero-order valence-electron chi connectivity index (χ0n) is 36.6. The lowest BCUT2D eigenvalue weighted by Gasteiger charge is -2.29. The van der Waals surface area contributed by atoms with E-state index in [0.29, 0.717) is 32.0 Å². The molecule has 0 spiro atoms. The first-order valence-electron chi connectivity index (χ1n) is 21.4. The number of aliphatic imine (C=N–C) groups is 1. The number of benzene rings is 3. The first-order chi connectivity index (χ1) is 29.4. The first-order valence-corrected chi connectivity index (χ1v) is 21.4. The van der Waals surface area contributed by atoms with E-state index in [1.54, 1.807) is 16.0 Å². The zero-order valence-corrected chi connectivity index (χ0v) is 36.6. The monoisotopic (exact) mass is 836 g/mol. The van der Waals surface area contributed by atoms with Gasteiger partial charge in [0.25, 0.3) is 0 Å². The fourth-order valence-electron chi connectivity index (χ4n) is 8.24. The van der Waals surface area contributed by atoms with E-state index in [9.17, 15) is 19.2 Å². The number of likely N-dealkylation sites (tertiary alicyclic amines) is 1. The van der Waals surface area contributed by atoms with Gasteiger partial charge in [0.05, 0.1) is 51.3 Å². The number of carbonyl (C=O) groups excluding carboxylic acids is 4. The molecule has 3 aliphatic heterocycles. The van der Waals surface area contributed by atoms with Crippen molar-refractivity contribution in [1.82, 2.24) is 35.7 Å². The Morgan fingerprint density at radius 1 is 1.00 bits per heavy atom. The molecule has 61 heavy (non-hydrogen) atoms. The van der Waals surface area contributed by atoms with E-state index < -0.39 is 18.2 Å². The number of carbonyl (C=O) groups is 4. The second-order valence-corrected chi connectivity index (χ2v) is 16.1. The summed E-state index contributed by atoms with van der Waals surface area (Å²) in [5.41, 5.74) is 5.06. The number of nitrogens with one attached hydrogen (secondary N) is 4. The van der Waals surface area contributed by atoms with Crippen LogP contribution in [0.3, 0.4) is 0 Å². The molecule has 1 fully saturated rings. The normalized spacial score (nSPS) is 18.1. The van der Waals surface area contributed by atoms with Gasteiger partial charge >= 0.3 is 12.2 Å². The van der Waals surface area contributed by atoms with Crippen molar-refractivity contribution in [3.05, 3.63) is 77.2 Å². The summed E-state index contributed by atoms with van der Waals surface area (Å²) < 4.78 is 16.0. The Hall–Kier alpha value is -6.12. The fraction of sp³-hybridized carbons (Fsp3) is 0.478. The van der Waals surface area contributed by atoms with Crippen molar-refractivity contribution in [2.45, 2.75) is 91.3 Å². The van der Waals surface area contributed by atoms with Crippen molar-refractivity contribution in [2.75, 3.05) is 46.9 Å². The lowest BCUT2D eigenvalue weighted by Crippen LogP contribution is -2.53. The van der Waals surface area contributed by atoms with Gasteiger partial charge in [0.2, 0.25) is 11.8 Å². The second-order valence-electron chi connectivity index (χ2n) is 16.1. The summed E-state index contributed by atoms with van der Waals surface area (Å²) in [7, 11) is 2.55. The van der Waals surface area contributed by atoms with Gasteiger partial charge in [-0.3, -0.25) is 14.6 Å². The molecule has 4 atom stereocenters. The van der Waals surface area contributed by atoms with Crippen molar-refractivity contribution in [3.63, 3.8) is 0 Å². The van der Waals surface area contributed by atoms with Crippen molar-refractivity contribution >= 4 is 40.6 Å². The molecule has 4 aromatic rings. The fourth-order valence-corrected chi connectivity index (χ4v) is 8.24. The van der Waals surface area contributed by atoms with Crippen molar-refractivity contribution in [1.29, 1.82) is 0 Å². The Bertz CT molecular complexity index is 2250. The molecule has 0 radical (unpaired) electrons. The number of H-pyrrole nitrogens is 1. The Balaban J connectivity index is 0.00000201. The van der Waals surface area contributed by atoms with E-state index in [1.807, 2.05) is 32.9 Å². The minimum atomic E-state index is -0.702. The van der Waals surface area contributed by atoms with Gasteiger partial charge < -0.3 is 44.9 Å². The van der Waals surface area contributed by atoms with Gasteiger partial charge in [-0.25, -0.2) is 14.6 Å². The molecule has 4 N–H and O–H groups in total. The molecule has 4 amide bonds. The van der Waals surface area contributed by atoms with Crippen LogP contribution in [0.4, 0.5) is 9.59 Å². The molecule has 1 saturated heterocycles. The molecule has 15 heteroatoms. The quantitative estimate of drug-likeness (QED) is 0.112. The number of fused-ring (bicyclic) bond motifs is 4. The highest BCUT2D eigenvalue weighted by Gasteiger charge is 2.34. The molecule has 7 rings (SSSR count). The number of nitrogens with zero attached hydrogens (tertiary/aromatic N) is 4. The number of aromatic amines is 1. The number of amidine groups is 1. The van der Waals surface area contributed by atoms with Gasteiger partial charge in [-0.15, -0.1) is 0 Å².